The van der Waals surface area contributed by atoms with E-state index in [1.54, 1.807) is 54.8 Å². The van der Waals surface area contributed by atoms with Crippen LogP contribution < -0.4 is 0 Å². The Bertz CT molecular complexity index is 2310. The van der Waals surface area contributed by atoms with Crippen LogP contribution in [0.2, 0.25) is 0 Å². The van der Waals surface area contributed by atoms with E-state index in [2.05, 4.69) is 91.8 Å². The lowest BCUT2D eigenvalue weighted by atomic mass is 9.63. The maximum absolute atomic E-state index is 12.7. The van der Waals surface area contributed by atoms with Crippen LogP contribution in [-0.4, -0.2) is 31.9 Å². The predicted molar refractivity (Wildman–Crippen MR) is 229 cm³/mol. The topological polar surface area (TPSA) is 82.8 Å². The second kappa shape index (κ2) is 15.8. The summed E-state index contributed by atoms with van der Waals surface area (Å²) < 4.78 is 15.4. The first-order valence-electron chi connectivity index (χ1n) is 19.8. The number of hydrogen-bond donors (Lipinski definition) is 0. The third-order valence-electron chi connectivity index (χ3n) is 12.3. The molecule has 0 bridgehead atoms. The van der Waals surface area contributed by atoms with E-state index in [9.17, 15) is 14.4 Å². The zero-order valence-electron chi connectivity index (χ0n) is 35.2. The molecule has 0 radical (unpaired) electrons. The average molecular weight is 765 g/mol. The molecule has 5 aromatic rings. The summed E-state index contributed by atoms with van der Waals surface area (Å²) in [6.45, 7) is 18.4. The van der Waals surface area contributed by atoms with Crippen molar-refractivity contribution in [3.63, 3.8) is 0 Å². The molecule has 0 saturated heterocycles. The molecular formula is C51H56O6. The van der Waals surface area contributed by atoms with Crippen LogP contribution in [0.5, 0.6) is 0 Å². The van der Waals surface area contributed by atoms with Gasteiger partial charge in [0, 0.05) is 16.7 Å². The predicted octanol–water partition coefficient (Wildman–Crippen LogP) is 12.5. The first kappa shape index (κ1) is 41.2. The van der Waals surface area contributed by atoms with Crippen LogP contribution in [-0.2, 0) is 31.1 Å². The summed E-state index contributed by atoms with van der Waals surface area (Å²) in [5.74, 6) is 0.147. The van der Waals surface area contributed by atoms with Crippen molar-refractivity contribution in [1.82, 2.24) is 0 Å². The highest BCUT2D eigenvalue weighted by Gasteiger charge is 2.38. The number of ether oxygens (including phenoxy) is 2. The van der Waals surface area contributed by atoms with Crippen molar-refractivity contribution in [1.29, 1.82) is 0 Å². The van der Waals surface area contributed by atoms with Crippen LogP contribution in [0.1, 0.15) is 140 Å². The Kier molecular flexibility index (Phi) is 11.4. The summed E-state index contributed by atoms with van der Waals surface area (Å²) >= 11 is 0. The van der Waals surface area contributed by atoms with Crippen molar-refractivity contribution in [3.8, 4) is 22.5 Å². The van der Waals surface area contributed by atoms with E-state index in [0.717, 1.165) is 40.9 Å². The number of benzene rings is 4. The van der Waals surface area contributed by atoms with Crippen molar-refractivity contribution in [2.24, 2.45) is 0 Å². The molecule has 6 nitrogen and oxygen atoms in total. The SMILES string of the molecule is COC(=O)c1ccc(-c2coc(-c3ccc4c(c3)C(C)(C)CCC4(C)C)c2)cc1.COC(=O)c1ccc(C=CC(=O)c2ccc3c(c2)C(C)(C)CCC3(C)C)cc1. The molecule has 0 amide bonds. The number of esters is 2. The summed E-state index contributed by atoms with van der Waals surface area (Å²) in [7, 11) is 2.75. The summed E-state index contributed by atoms with van der Waals surface area (Å²) in [4.78, 5) is 35.9. The van der Waals surface area contributed by atoms with Crippen molar-refractivity contribution < 1.29 is 28.3 Å². The number of furan rings is 1. The Balaban J connectivity index is 0.000000193. The lowest BCUT2D eigenvalue weighted by Crippen LogP contribution is -2.34. The lowest BCUT2D eigenvalue weighted by Gasteiger charge is -2.42. The second-order valence-corrected chi connectivity index (χ2v) is 18.1. The molecule has 57 heavy (non-hydrogen) atoms. The molecule has 0 unspecified atom stereocenters. The van der Waals surface area contributed by atoms with Crippen molar-refractivity contribution in [2.45, 2.75) is 103 Å². The average Bonchev–Trinajstić information content (AvgIpc) is 3.71. The molecule has 0 aliphatic heterocycles. The third kappa shape index (κ3) is 8.76. The van der Waals surface area contributed by atoms with Crippen LogP contribution in [0.3, 0.4) is 0 Å². The van der Waals surface area contributed by atoms with Crippen molar-refractivity contribution in [2.75, 3.05) is 14.2 Å². The monoisotopic (exact) mass is 764 g/mol. The molecule has 0 spiro atoms. The largest absolute Gasteiger partial charge is 0.465 e. The van der Waals surface area contributed by atoms with Gasteiger partial charge in [-0.3, -0.25) is 4.79 Å². The van der Waals surface area contributed by atoms with Crippen molar-refractivity contribution in [3.05, 3.63) is 148 Å². The van der Waals surface area contributed by atoms with Gasteiger partial charge in [-0.05, 0) is 129 Å². The molecule has 0 N–H and O–H groups in total. The van der Waals surface area contributed by atoms with E-state index >= 15 is 0 Å². The van der Waals surface area contributed by atoms with Gasteiger partial charge in [-0.15, -0.1) is 0 Å². The Morgan fingerprint density at radius 3 is 1.47 bits per heavy atom. The maximum atomic E-state index is 12.7. The zero-order valence-corrected chi connectivity index (χ0v) is 35.2. The molecule has 296 valence electrons. The lowest BCUT2D eigenvalue weighted by molar-refractivity contribution is 0.0592. The van der Waals surface area contributed by atoms with Gasteiger partial charge < -0.3 is 13.9 Å². The van der Waals surface area contributed by atoms with E-state index in [1.165, 1.54) is 49.3 Å². The summed E-state index contributed by atoms with van der Waals surface area (Å²) in [6, 6.07) is 29.3. The summed E-state index contributed by atoms with van der Waals surface area (Å²) in [5.41, 5.74) is 11.8. The number of allylic oxidation sites excluding steroid dienone is 1. The molecule has 0 fully saturated rings. The van der Waals surface area contributed by atoms with E-state index < -0.39 is 0 Å². The maximum Gasteiger partial charge on any atom is 0.337 e. The summed E-state index contributed by atoms with van der Waals surface area (Å²) in [5, 5.41) is 0. The number of hydrogen-bond acceptors (Lipinski definition) is 6. The van der Waals surface area contributed by atoms with E-state index in [4.69, 9.17) is 13.9 Å². The third-order valence-corrected chi connectivity index (χ3v) is 12.3. The normalized spacial score (nSPS) is 17.0. The van der Waals surface area contributed by atoms with E-state index in [1.807, 2.05) is 18.2 Å². The zero-order chi connectivity index (χ0) is 41.3. The van der Waals surface area contributed by atoms with Gasteiger partial charge in [-0.2, -0.15) is 0 Å². The first-order chi connectivity index (χ1) is 26.8. The molecule has 7 rings (SSSR count). The molecule has 4 aromatic carbocycles. The van der Waals surface area contributed by atoms with Gasteiger partial charge >= 0.3 is 11.9 Å². The summed E-state index contributed by atoms with van der Waals surface area (Å²) in [6.07, 6.45) is 9.81. The fourth-order valence-corrected chi connectivity index (χ4v) is 8.16. The molecular weight excluding hydrogens is 709 g/mol. The number of carbonyl (C=O) groups is 3. The fraction of sp³-hybridized carbons (Fsp3) is 0.353. The highest BCUT2D eigenvalue weighted by atomic mass is 16.5. The minimum atomic E-state index is -0.369. The van der Waals surface area contributed by atoms with Crippen LogP contribution >= 0.6 is 0 Å². The van der Waals surface area contributed by atoms with Crippen molar-refractivity contribution >= 4 is 23.8 Å². The molecule has 1 aromatic heterocycles. The van der Waals surface area contributed by atoms with Gasteiger partial charge in [-0.1, -0.05) is 110 Å². The highest BCUT2D eigenvalue weighted by molar-refractivity contribution is 6.07. The molecule has 0 atom stereocenters. The molecule has 1 heterocycles. The Labute approximate surface area is 338 Å². The van der Waals surface area contributed by atoms with Gasteiger partial charge in [0.25, 0.3) is 0 Å². The fourth-order valence-electron chi connectivity index (χ4n) is 8.16. The molecule has 0 saturated carbocycles. The minimum absolute atomic E-state index is 0.0148. The molecule has 2 aliphatic rings. The van der Waals surface area contributed by atoms with Gasteiger partial charge in [0.1, 0.15) is 5.76 Å². The van der Waals surface area contributed by atoms with Crippen LogP contribution in [0, 0.1) is 0 Å². The molecule has 6 heteroatoms. The number of ketones is 1. The van der Waals surface area contributed by atoms with Gasteiger partial charge in [-0.25, -0.2) is 9.59 Å². The highest BCUT2D eigenvalue weighted by Crippen LogP contribution is 2.48. The molecule has 2 aliphatic carbocycles. The Morgan fingerprint density at radius 1 is 0.509 bits per heavy atom. The smallest absolute Gasteiger partial charge is 0.337 e. The van der Waals surface area contributed by atoms with Gasteiger partial charge in [0.05, 0.1) is 31.6 Å². The van der Waals surface area contributed by atoms with Crippen LogP contribution in [0.25, 0.3) is 28.5 Å². The quantitative estimate of drug-likeness (QED) is 0.0932. The van der Waals surface area contributed by atoms with E-state index in [0.29, 0.717) is 16.7 Å². The Hall–Kier alpha value is -5.49. The van der Waals surface area contributed by atoms with Gasteiger partial charge in [0.15, 0.2) is 5.78 Å². The minimum Gasteiger partial charge on any atom is -0.465 e. The van der Waals surface area contributed by atoms with Crippen LogP contribution in [0.4, 0.5) is 0 Å². The van der Waals surface area contributed by atoms with Crippen LogP contribution in [0.15, 0.2) is 108 Å². The number of fused-ring (bicyclic) bond motifs is 2. The number of methoxy groups -OCH3 is 2. The van der Waals surface area contributed by atoms with E-state index in [-0.39, 0.29) is 39.4 Å². The number of rotatable bonds is 7. The number of carbonyl (C=O) groups excluding carboxylic acids is 3. The Morgan fingerprint density at radius 2 is 0.947 bits per heavy atom. The standard InChI is InChI=1S/C26H28O3.C25H28O3/c1-25(2)12-13-26(3,4)22-14-19(10-11-21(22)25)23-15-20(16-29-23)17-6-8-18(9-7-17)24(27)28-5;1-24(2)14-15-25(3,4)21-16-19(11-12-20(21)24)22(26)13-8-17-6-9-18(10-7-17)23(27)28-5/h6-11,14-16H,12-13H2,1-5H3;6-13,16H,14-15H2,1-5H3. The van der Waals surface area contributed by atoms with Gasteiger partial charge in [0.2, 0.25) is 0 Å². The second-order valence-electron chi connectivity index (χ2n) is 18.1. The first-order valence-corrected chi connectivity index (χ1v) is 19.8.